The summed E-state index contributed by atoms with van der Waals surface area (Å²) in [6.45, 7) is 3.82. The van der Waals surface area contributed by atoms with Crippen LogP contribution in [0.25, 0.3) is 5.65 Å². The van der Waals surface area contributed by atoms with Gasteiger partial charge in [0.05, 0.1) is 0 Å². The number of nitrogens with one attached hydrogen (secondary N) is 2. The van der Waals surface area contributed by atoms with Crippen LogP contribution >= 0.6 is 35.3 Å². The molecule has 0 fully saturated rings. The zero-order chi connectivity index (χ0) is 16.8. The van der Waals surface area contributed by atoms with E-state index in [1.54, 1.807) is 18.4 Å². The Balaban J connectivity index is 0.00000225. The van der Waals surface area contributed by atoms with Crippen LogP contribution in [0.1, 0.15) is 23.5 Å². The highest BCUT2D eigenvalue weighted by Gasteiger charge is 2.08. The molecule has 3 rings (SSSR count). The summed E-state index contributed by atoms with van der Waals surface area (Å²) in [6.07, 6.45) is 2.77. The van der Waals surface area contributed by atoms with Crippen molar-refractivity contribution >= 4 is 46.9 Å². The standard InChI is InChI=1S/C17H22N6S.HI/c1-13(14-6-5-11-24-14)12-20-17(18-2)19-9-8-16-22-21-15-7-3-4-10-23(15)16;/h3-7,10-11,13H,8-9,12H2,1-2H3,(H2,18,19,20);1H. The zero-order valence-corrected chi connectivity index (χ0v) is 17.5. The van der Waals surface area contributed by atoms with Crippen LogP contribution in [-0.4, -0.2) is 40.7 Å². The van der Waals surface area contributed by atoms with E-state index in [1.165, 1.54) is 4.88 Å². The summed E-state index contributed by atoms with van der Waals surface area (Å²) < 4.78 is 2.01. The van der Waals surface area contributed by atoms with Crippen molar-refractivity contribution in [2.24, 2.45) is 4.99 Å². The molecule has 0 spiro atoms. The first-order valence-electron chi connectivity index (χ1n) is 8.04. The summed E-state index contributed by atoms with van der Waals surface area (Å²) in [6, 6.07) is 10.2. The first-order valence-corrected chi connectivity index (χ1v) is 8.92. The van der Waals surface area contributed by atoms with Gasteiger partial charge in [0.2, 0.25) is 0 Å². The molecular weight excluding hydrogens is 447 g/mol. The molecule has 8 heteroatoms. The second-order valence-electron chi connectivity index (χ2n) is 5.59. The van der Waals surface area contributed by atoms with Crippen LogP contribution in [0, 0.1) is 0 Å². The first kappa shape index (κ1) is 19.6. The van der Waals surface area contributed by atoms with Crippen molar-refractivity contribution in [1.82, 2.24) is 25.2 Å². The summed E-state index contributed by atoms with van der Waals surface area (Å²) in [4.78, 5) is 5.66. The minimum absolute atomic E-state index is 0. The number of thiophene rings is 1. The predicted molar refractivity (Wildman–Crippen MR) is 114 cm³/mol. The van der Waals surface area contributed by atoms with Gasteiger partial charge in [0, 0.05) is 43.5 Å². The lowest BCUT2D eigenvalue weighted by molar-refractivity contribution is 0.701. The van der Waals surface area contributed by atoms with Gasteiger partial charge in [0.15, 0.2) is 11.6 Å². The number of hydrogen-bond donors (Lipinski definition) is 2. The van der Waals surface area contributed by atoms with Crippen molar-refractivity contribution in [2.75, 3.05) is 20.1 Å². The van der Waals surface area contributed by atoms with Crippen LogP contribution in [0.5, 0.6) is 0 Å². The Bertz CT molecular complexity index is 798. The molecule has 1 atom stereocenters. The van der Waals surface area contributed by atoms with E-state index < -0.39 is 0 Å². The average Bonchev–Trinajstić information content (AvgIpc) is 3.28. The molecule has 0 bridgehead atoms. The topological polar surface area (TPSA) is 66.6 Å². The van der Waals surface area contributed by atoms with E-state index in [0.717, 1.165) is 36.9 Å². The lowest BCUT2D eigenvalue weighted by atomic mass is 10.1. The molecule has 2 N–H and O–H groups in total. The Morgan fingerprint density at radius 3 is 2.88 bits per heavy atom. The molecule has 0 aliphatic rings. The van der Waals surface area contributed by atoms with E-state index in [2.05, 4.69) is 50.3 Å². The van der Waals surface area contributed by atoms with Crippen molar-refractivity contribution in [1.29, 1.82) is 0 Å². The molecule has 0 aliphatic heterocycles. The van der Waals surface area contributed by atoms with Gasteiger partial charge in [-0.2, -0.15) is 0 Å². The normalized spacial score (nSPS) is 12.6. The molecular formula is C17H23IN6S. The number of aromatic nitrogens is 3. The van der Waals surface area contributed by atoms with Gasteiger partial charge >= 0.3 is 0 Å². The van der Waals surface area contributed by atoms with Gasteiger partial charge in [-0.05, 0) is 23.6 Å². The minimum atomic E-state index is 0. The van der Waals surface area contributed by atoms with Crippen molar-refractivity contribution in [3.63, 3.8) is 0 Å². The van der Waals surface area contributed by atoms with E-state index >= 15 is 0 Å². The maximum Gasteiger partial charge on any atom is 0.191 e. The Hall–Kier alpha value is -1.68. The number of halogens is 1. The van der Waals surface area contributed by atoms with Gasteiger partial charge in [-0.3, -0.25) is 9.39 Å². The van der Waals surface area contributed by atoms with Crippen LogP contribution < -0.4 is 10.6 Å². The molecule has 0 radical (unpaired) electrons. The molecule has 0 saturated carbocycles. The summed E-state index contributed by atoms with van der Waals surface area (Å²) >= 11 is 1.79. The molecule has 0 amide bonds. The molecule has 6 nitrogen and oxygen atoms in total. The summed E-state index contributed by atoms with van der Waals surface area (Å²) in [5.41, 5.74) is 0.875. The monoisotopic (exact) mass is 470 g/mol. The second kappa shape index (κ2) is 9.71. The first-order chi connectivity index (χ1) is 11.8. The van der Waals surface area contributed by atoms with E-state index in [9.17, 15) is 0 Å². The highest BCUT2D eigenvalue weighted by atomic mass is 127. The molecule has 0 aliphatic carbocycles. The van der Waals surface area contributed by atoms with Gasteiger partial charge in [0.25, 0.3) is 0 Å². The number of pyridine rings is 1. The van der Waals surface area contributed by atoms with Crippen LogP contribution in [0.3, 0.4) is 0 Å². The smallest absolute Gasteiger partial charge is 0.191 e. The second-order valence-corrected chi connectivity index (χ2v) is 6.57. The predicted octanol–water partition coefficient (Wildman–Crippen LogP) is 2.92. The Labute approximate surface area is 168 Å². The summed E-state index contributed by atoms with van der Waals surface area (Å²) in [5.74, 6) is 2.22. The maximum atomic E-state index is 4.28. The molecule has 3 aromatic heterocycles. The Morgan fingerprint density at radius 1 is 1.24 bits per heavy atom. The van der Waals surface area contributed by atoms with E-state index in [1.807, 2.05) is 28.8 Å². The minimum Gasteiger partial charge on any atom is -0.356 e. The fourth-order valence-corrected chi connectivity index (χ4v) is 3.28. The average molecular weight is 470 g/mol. The third kappa shape index (κ3) is 5.15. The van der Waals surface area contributed by atoms with E-state index in [4.69, 9.17) is 0 Å². The third-order valence-electron chi connectivity index (χ3n) is 3.85. The van der Waals surface area contributed by atoms with Crippen LogP contribution in [-0.2, 0) is 6.42 Å². The van der Waals surface area contributed by atoms with Gasteiger partial charge in [-0.15, -0.1) is 45.5 Å². The molecule has 25 heavy (non-hydrogen) atoms. The Kier molecular flexibility index (Phi) is 7.63. The largest absolute Gasteiger partial charge is 0.356 e. The zero-order valence-electron chi connectivity index (χ0n) is 14.3. The van der Waals surface area contributed by atoms with Gasteiger partial charge in [-0.1, -0.05) is 19.1 Å². The number of fused-ring (bicyclic) bond motifs is 1. The highest BCUT2D eigenvalue weighted by Crippen LogP contribution is 2.19. The summed E-state index contributed by atoms with van der Waals surface area (Å²) in [7, 11) is 1.79. The fourth-order valence-electron chi connectivity index (χ4n) is 2.50. The number of guanidine groups is 1. The fraction of sp³-hybridized carbons (Fsp3) is 0.353. The third-order valence-corrected chi connectivity index (χ3v) is 4.96. The van der Waals surface area contributed by atoms with Crippen LogP contribution in [0.15, 0.2) is 46.9 Å². The molecule has 134 valence electrons. The van der Waals surface area contributed by atoms with Gasteiger partial charge < -0.3 is 10.6 Å². The van der Waals surface area contributed by atoms with E-state index in [-0.39, 0.29) is 24.0 Å². The van der Waals surface area contributed by atoms with Gasteiger partial charge in [-0.25, -0.2) is 0 Å². The van der Waals surface area contributed by atoms with E-state index in [0.29, 0.717) is 5.92 Å². The number of rotatable bonds is 6. The molecule has 3 aromatic rings. The van der Waals surface area contributed by atoms with Crippen molar-refractivity contribution in [3.05, 3.63) is 52.6 Å². The molecule has 0 aromatic carbocycles. The van der Waals surface area contributed by atoms with Crippen molar-refractivity contribution in [2.45, 2.75) is 19.3 Å². The number of nitrogens with zero attached hydrogens (tertiary/aromatic N) is 4. The number of aliphatic imine (C=N–C) groups is 1. The van der Waals surface area contributed by atoms with Crippen LogP contribution in [0.4, 0.5) is 0 Å². The quantitative estimate of drug-likeness (QED) is 0.331. The molecule has 3 heterocycles. The van der Waals surface area contributed by atoms with Crippen molar-refractivity contribution < 1.29 is 0 Å². The molecule has 1 unspecified atom stereocenters. The van der Waals surface area contributed by atoms with Gasteiger partial charge in [0.1, 0.15) is 5.82 Å². The Morgan fingerprint density at radius 2 is 2.12 bits per heavy atom. The summed E-state index contributed by atoms with van der Waals surface area (Å²) in [5, 5.41) is 17.2. The SMILES string of the molecule is CN=C(NCCc1nnc2ccccn12)NCC(C)c1cccs1.I. The number of hydrogen-bond acceptors (Lipinski definition) is 4. The lowest BCUT2D eigenvalue weighted by Gasteiger charge is -2.15. The van der Waals surface area contributed by atoms with Crippen molar-refractivity contribution in [3.8, 4) is 0 Å². The maximum absolute atomic E-state index is 4.28. The molecule has 0 saturated heterocycles. The lowest BCUT2D eigenvalue weighted by Crippen LogP contribution is -2.40. The van der Waals surface area contributed by atoms with Crippen LogP contribution in [0.2, 0.25) is 0 Å². The highest BCUT2D eigenvalue weighted by molar-refractivity contribution is 14.0.